The number of rotatable bonds is 4. The van der Waals surface area contributed by atoms with Crippen LogP contribution in [0.25, 0.3) is 0 Å². The highest BCUT2D eigenvalue weighted by Gasteiger charge is 2.19. The first-order chi connectivity index (χ1) is 8.47. The Kier molecular flexibility index (Phi) is 5.22. The van der Waals surface area contributed by atoms with Crippen LogP contribution in [-0.2, 0) is 4.79 Å². The van der Waals surface area contributed by atoms with Gasteiger partial charge >= 0.3 is 0 Å². The van der Waals surface area contributed by atoms with Crippen molar-refractivity contribution in [3.8, 4) is 0 Å². The summed E-state index contributed by atoms with van der Waals surface area (Å²) in [5.41, 5.74) is 0.549. The van der Waals surface area contributed by atoms with E-state index in [-0.39, 0.29) is 17.7 Å². The van der Waals surface area contributed by atoms with Crippen LogP contribution in [0, 0.1) is 5.92 Å². The van der Waals surface area contributed by atoms with Crippen molar-refractivity contribution in [1.29, 1.82) is 0 Å². The zero-order chi connectivity index (χ0) is 13.7. The smallest absolute Gasteiger partial charge is 0.254 e. The molecule has 0 heterocycles. The number of hydrogen-bond acceptors (Lipinski definition) is 3. The number of nitrogens with zero attached hydrogens (tertiary/aromatic N) is 1. The molecule has 0 aliphatic carbocycles. The number of thiol groups is 1. The molecule has 1 unspecified atom stereocenters. The standard InChI is InChI=1S/C13H18N2O2S/c1-9(12(16)14-2)8-15(3)13(17)10-6-4-5-7-11(10)18/h4-7,9,18H,8H2,1-3H3,(H,14,16). The summed E-state index contributed by atoms with van der Waals surface area (Å²) < 4.78 is 0. The van der Waals surface area contributed by atoms with Gasteiger partial charge < -0.3 is 10.2 Å². The Balaban J connectivity index is 2.74. The molecule has 0 spiro atoms. The van der Waals surface area contributed by atoms with Gasteiger partial charge in [-0.05, 0) is 12.1 Å². The predicted molar refractivity (Wildman–Crippen MR) is 73.9 cm³/mol. The fraction of sp³-hybridized carbons (Fsp3) is 0.385. The second kappa shape index (κ2) is 6.44. The maximum absolute atomic E-state index is 12.2. The lowest BCUT2D eigenvalue weighted by molar-refractivity contribution is -0.124. The highest BCUT2D eigenvalue weighted by Crippen LogP contribution is 2.15. The molecule has 0 fully saturated rings. The van der Waals surface area contributed by atoms with E-state index < -0.39 is 0 Å². The van der Waals surface area contributed by atoms with E-state index in [0.717, 1.165) is 0 Å². The summed E-state index contributed by atoms with van der Waals surface area (Å²) in [6, 6.07) is 7.12. The molecule has 5 heteroatoms. The first-order valence-electron chi connectivity index (χ1n) is 5.72. The largest absolute Gasteiger partial charge is 0.359 e. The zero-order valence-corrected chi connectivity index (χ0v) is 11.7. The van der Waals surface area contributed by atoms with Gasteiger partial charge in [0, 0.05) is 25.5 Å². The van der Waals surface area contributed by atoms with Gasteiger partial charge in [-0.15, -0.1) is 12.6 Å². The van der Waals surface area contributed by atoms with Gasteiger partial charge in [-0.2, -0.15) is 0 Å². The Morgan fingerprint density at radius 2 is 2.00 bits per heavy atom. The quantitative estimate of drug-likeness (QED) is 0.810. The van der Waals surface area contributed by atoms with Crippen LogP contribution in [0.1, 0.15) is 17.3 Å². The molecule has 98 valence electrons. The molecule has 0 saturated carbocycles. The lowest BCUT2D eigenvalue weighted by atomic mass is 10.1. The van der Waals surface area contributed by atoms with Gasteiger partial charge in [-0.3, -0.25) is 9.59 Å². The summed E-state index contributed by atoms with van der Waals surface area (Å²) >= 11 is 4.25. The number of hydrogen-bond donors (Lipinski definition) is 2. The molecule has 1 rings (SSSR count). The summed E-state index contributed by atoms with van der Waals surface area (Å²) in [5, 5.41) is 2.57. The van der Waals surface area contributed by atoms with Gasteiger partial charge in [0.15, 0.2) is 0 Å². The SMILES string of the molecule is CNC(=O)C(C)CN(C)C(=O)c1ccccc1S. The minimum atomic E-state index is -0.240. The normalized spacial score (nSPS) is 11.8. The summed E-state index contributed by atoms with van der Waals surface area (Å²) in [4.78, 5) is 25.7. The Hall–Kier alpha value is -1.49. The number of benzene rings is 1. The van der Waals surface area contributed by atoms with Gasteiger partial charge in [0.25, 0.3) is 5.91 Å². The molecule has 1 aromatic carbocycles. The molecule has 0 aliphatic heterocycles. The minimum absolute atomic E-state index is 0.0752. The first kappa shape index (κ1) is 14.6. The van der Waals surface area contributed by atoms with Gasteiger partial charge in [-0.25, -0.2) is 0 Å². The van der Waals surface area contributed by atoms with Crippen LogP contribution in [0.15, 0.2) is 29.2 Å². The number of amides is 2. The van der Waals surface area contributed by atoms with E-state index in [2.05, 4.69) is 17.9 Å². The molecule has 0 radical (unpaired) electrons. The zero-order valence-electron chi connectivity index (χ0n) is 10.8. The average Bonchev–Trinajstić information content (AvgIpc) is 2.37. The molecule has 18 heavy (non-hydrogen) atoms. The van der Waals surface area contributed by atoms with Crippen LogP contribution in [0.3, 0.4) is 0 Å². The molecule has 0 aliphatic rings. The fourth-order valence-electron chi connectivity index (χ4n) is 1.68. The van der Waals surface area contributed by atoms with Crippen LogP contribution in [0.2, 0.25) is 0 Å². The van der Waals surface area contributed by atoms with E-state index in [1.807, 2.05) is 6.07 Å². The van der Waals surface area contributed by atoms with Crippen molar-refractivity contribution in [2.24, 2.45) is 5.92 Å². The molecule has 0 saturated heterocycles. The molecule has 1 aromatic rings. The van der Waals surface area contributed by atoms with Crippen LogP contribution in [0.5, 0.6) is 0 Å². The molecular formula is C13H18N2O2S. The van der Waals surface area contributed by atoms with Crippen molar-refractivity contribution in [3.05, 3.63) is 29.8 Å². The summed E-state index contributed by atoms with van der Waals surface area (Å²) in [7, 11) is 3.27. The summed E-state index contributed by atoms with van der Waals surface area (Å²) in [6.45, 7) is 2.16. The minimum Gasteiger partial charge on any atom is -0.359 e. The topological polar surface area (TPSA) is 49.4 Å². The van der Waals surface area contributed by atoms with E-state index >= 15 is 0 Å². The average molecular weight is 266 g/mol. The lowest BCUT2D eigenvalue weighted by Gasteiger charge is -2.21. The molecule has 2 amide bonds. The van der Waals surface area contributed by atoms with E-state index in [1.54, 1.807) is 39.2 Å². The van der Waals surface area contributed by atoms with E-state index in [1.165, 1.54) is 4.90 Å². The third-order valence-corrected chi connectivity index (χ3v) is 3.11. The van der Waals surface area contributed by atoms with Crippen molar-refractivity contribution in [1.82, 2.24) is 10.2 Å². The molecule has 0 bridgehead atoms. The molecule has 0 aromatic heterocycles. The van der Waals surface area contributed by atoms with Gasteiger partial charge in [0.05, 0.1) is 11.5 Å². The van der Waals surface area contributed by atoms with Crippen molar-refractivity contribution in [2.45, 2.75) is 11.8 Å². The third kappa shape index (κ3) is 3.50. The van der Waals surface area contributed by atoms with Gasteiger partial charge in [-0.1, -0.05) is 19.1 Å². The monoisotopic (exact) mass is 266 g/mol. The van der Waals surface area contributed by atoms with Crippen LogP contribution in [0.4, 0.5) is 0 Å². The number of carbonyl (C=O) groups is 2. The Labute approximate surface area is 113 Å². The highest BCUT2D eigenvalue weighted by molar-refractivity contribution is 7.80. The van der Waals surface area contributed by atoms with Crippen LogP contribution in [-0.4, -0.2) is 37.4 Å². The maximum atomic E-state index is 12.2. The maximum Gasteiger partial charge on any atom is 0.254 e. The second-order valence-corrected chi connectivity index (χ2v) is 4.70. The van der Waals surface area contributed by atoms with Gasteiger partial charge in [0.2, 0.25) is 5.91 Å². The summed E-state index contributed by atoms with van der Waals surface area (Å²) in [6.07, 6.45) is 0. The van der Waals surface area contributed by atoms with Crippen LogP contribution >= 0.6 is 12.6 Å². The van der Waals surface area contributed by atoms with Crippen molar-refractivity contribution < 1.29 is 9.59 Å². The highest BCUT2D eigenvalue weighted by atomic mass is 32.1. The number of carbonyl (C=O) groups excluding carboxylic acids is 2. The van der Waals surface area contributed by atoms with Crippen LogP contribution < -0.4 is 5.32 Å². The first-order valence-corrected chi connectivity index (χ1v) is 6.17. The van der Waals surface area contributed by atoms with E-state index in [9.17, 15) is 9.59 Å². The molecule has 4 nitrogen and oxygen atoms in total. The molecule has 1 atom stereocenters. The molecular weight excluding hydrogens is 248 g/mol. The number of nitrogens with one attached hydrogen (secondary N) is 1. The third-order valence-electron chi connectivity index (χ3n) is 2.72. The Bertz CT molecular complexity index is 448. The van der Waals surface area contributed by atoms with Crippen molar-refractivity contribution >= 4 is 24.4 Å². The fourth-order valence-corrected chi connectivity index (χ4v) is 1.94. The Morgan fingerprint density at radius 1 is 1.39 bits per heavy atom. The van der Waals surface area contributed by atoms with E-state index in [0.29, 0.717) is 17.0 Å². The van der Waals surface area contributed by atoms with Crippen molar-refractivity contribution in [2.75, 3.05) is 20.6 Å². The lowest BCUT2D eigenvalue weighted by Crippen LogP contribution is -2.37. The summed E-state index contributed by atoms with van der Waals surface area (Å²) in [5.74, 6) is -0.443. The van der Waals surface area contributed by atoms with E-state index in [4.69, 9.17) is 0 Å². The second-order valence-electron chi connectivity index (χ2n) is 4.22. The Morgan fingerprint density at radius 3 is 2.56 bits per heavy atom. The van der Waals surface area contributed by atoms with Gasteiger partial charge in [0.1, 0.15) is 0 Å². The predicted octanol–water partition coefficient (Wildman–Crippen LogP) is 1.43. The molecule has 1 N–H and O–H groups in total. The van der Waals surface area contributed by atoms with Crippen molar-refractivity contribution in [3.63, 3.8) is 0 Å².